The first-order valence-electron chi connectivity index (χ1n) is 20.8. The Hall–Kier alpha value is -5.33. The third-order valence-electron chi connectivity index (χ3n) is 10.2. The van der Waals surface area contributed by atoms with E-state index in [0.29, 0.717) is 122 Å². The van der Waals surface area contributed by atoms with Crippen LogP contribution in [-0.4, -0.2) is 136 Å². The quantitative estimate of drug-likeness (QED) is 0.0294. The minimum atomic E-state index is -0.227. The number of anilines is 1. The average Bonchev–Trinajstić information content (AvgIpc) is 3.76. The second kappa shape index (κ2) is 25.4. The molecule has 0 bridgehead atoms. The third-order valence-corrected chi connectivity index (χ3v) is 10.2. The Labute approximate surface area is 355 Å². The van der Waals surface area contributed by atoms with Gasteiger partial charge in [-0.2, -0.15) is 0 Å². The lowest BCUT2D eigenvalue weighted by Crippen LogP contribution is -2.33. The number of carbonyl (C=O) groups excluding carboxylic acids is 4. The van der Waals surface area contributed by atoms with E-state index in [4.69, 9.17) is 34.0 Å². The molecule has 0 atom stereocenters. The van der Waals surface area contributed by atoms with Gasteiger partial charge in [0.15, 0.2) is 0 Å². The molecule has 18 nitrogen and oxygen atoms in total. The lowest BCUT2D eigenvalue weighted by atomic mass is 9.95. The zero-order valence-corrected chi connectivity index (χ0v) is 35.1. The molecule has 0 saturated carbocycles. The number of fused-ring (bicyclic) bond motifs is 5. The van der Waals surface area contributed by atoms with Crippen molar-refractivity contribution >= 4 is 29.2 Å². The Morgan fingerprint density at radius 3 is 1.97 bits per heavy atom. The highest BCUT2D eigenvalue weighted by Crippen LogP contribution is 2.41. The van der Waals surface area contributed by atoms with Crippen molar-refractivity contribution < 1.29 is 47.6 Å². The number of ether oxygens (including phenoxy) is 6. The number of rotatable bonds is 29. The molecule has 0 N–H and O–H groups in total. The van der Waals surface area contributed by atoms with Gasteiger partial charge in [-0.3, -0.25) is 24.1 Å². The van der Waals surface area contributed by atoms with Gasteiger partial charge in [-0.1, -0.05) is 52.8 Å². The Balaban J connectivity index is 0.954. The van der Waals surface area contributed by atoms with Gasteiger partial charge in [0.05, 0.1) is 97.1 Å². The largest absolute Gasteiger partial charge is 0.379 e. The molecule has 0 aliphatic carbocycles. The van der Waals surface area contributed by atoms with Gasteiger partial charge in [0.2, 0.25) is 5.91 Å². The number of azide groups is 1. The number of nitrogens with zero attached hydrogens (tertiary/aromatic N) is 8. The molecule has 3 heterocycles. The molecule has 0 saturated heterocycles. The van der Waals surface area contributed by atoms with E-state index < -0.39 is 0 Å². The molecule has 1 aromatic heterocycles. The fourth-order valence-electron chi connectivity index (χ4n) is 6.81. The third kappa shape index (κ3) is 13.8. The van der Waals surface area contributed by atoms with E-state index in [-0.39, 0.29) is 55.9 Å². The lowest BCUT2D eigenvalue weighted by Gasteiger charge is -2.28. The standard InChI is InChI=1S/C43H56N8O10/c1-32-33(2)43(55)49(42(32)54)17-8-19-56-23-27-60-29-30-61-28-24-57-20-15-35(52)10-7-14-39(53)50-31-34-9-3-4-11-36(34)41-40(37-12-5-6-13-38(37)50)46-48-51(41)18-22-59-26-25-58-21-16-45-47-44/h3-6,9,11-13H,7-8,10,14-31H2,1-2H3. The monoisotopic (exact) mass is 844 g/mol. The van der Waals surface area contributed by atoms with Crippen molar-refractivity contribution in [2.24, 2.45) is 5.11 Å². The fourth-order valence-corrected chi connectivity index (χ4v) is 6.81. The summed E-state index contributed by atoms with van der Waals surface area (Å²) in [5, 5.41) is 12.5. The number of hydrogen-bond donors (Lipinski definition) is 0. The normalized spacial score (nSPS) is 13.5. The van der Waals surface area contributed by atoms with Crippen LogP contribution in [0.1, 0.15) is 51.5 Å². The zero-order chi connectivity index (χ0) is 43.2. The van der Waals surface area contributed by atoms with Gasteiger partial charge in [0.25, 0.3) is 11.8 Å². The van der Waals surface area contributed by atoms with Crippen LogP contribution in [0.4, 0.5) is 5.69 Å². The van der Waals surface area contributed by atoms with E-state index in [9.17, 15) is 19.2 Å². The molecule has 18 heteroatoms. The van der Waals surface area contributed by atoms with Gasteiger partial charge in [-0.05, 0) is 43.9 Å². The number of benzene rings is 2. The summed E-state index contributed by atoms with van der Waals surface area (Å²) in [6, 6.07) is 15.6. The predicted molar refractivity (Wildman–Crippen MR) is 224 cm³/mol. The summed E-state index contributed by atoms with van der Waals surface area (Å²) >= 11 is 0. The molecule has 328 valence electrons. The van der Waals surface area contributed by atoms with E-state index >= 15 is 0 Å². The molecule has 3 aromatic rings. The van der Waals surface area contributed by atoms with Crippen LogP contribution < -0.4 is 4.90 Å². The average molecular weight is 845 g/mol. The predicted octanol–water partition coefficient (Wildman–Crippen LogP) is 5.09. The highest BCUT2D eigenvalue weighted by Gasteiger charge is 2.33. The van der Waals surface area contributed by atoms with E-state index in [0.717, 1.165) is 28.1 Å². The number of aromatic nitrogens is 3. The topological polar surface area (TPSA) is 210 Å². The van der Waals surface area contributed by atoms with Gasteiger partial charge in [0, 0.05) is 66.1 Å². The summed E-state index contributed by atoms with van der Waals surface area (Å²) in [4.78, 5) is 56.4. The second-order valence-electron chi connectivity index (χ2n) is 14.3. The van der Waals surface area contributed by atoms with Gasteiger partial charge in [-0.15, -0.1) is 5.10 Å². The Kier molecular flexibility index (Phi) is 19.5. The maximum atomic E-state index is 13.9. The van der Waals surface area contributed by atoms with Crippen LogP contribution >= 0.6 is 0 Å². The molecule has 5 rings (SSSR count). The van der Waals surface area contributed by atoms with E-state index in [2.05, 4.69) is 20.3 Å². The fraction of sp³-hybridized carbons (Fsp3) is 0.535. The van der Waals surface area contributed by atoms with E-state index in [1.807, 2.05) is 53.2 Å². The van der Waals surface area contributed by atoms with Crippen LogP contribution in [0.3, 0.4) is 0 Å². The van der Waals surface area contributed by atoms with Crippen LogP contribution in [0, 0.1) is 0 Å². The van der Waals surface area contributed by atoms with Crippen molar-refractivity contribution in [3.63, 3.8) is 0 Å². The van der Waals surface area contributed by atoms with Crippen LogP contribution in [0.2, 0.25) is 0 Å². The van der Waals surface area contributed by atoms with Crippen molar-refractivity contribution in [3.05, 3.63) is 75.7 Å². The summed E-state index contributed by atoms with van der Waals surface area (Å²) in [5.74, 6) is -0.504. The molecular formula is C43H56N8O10. The first-order chi connectivity index (χ1) is 29.8. The molecule has 2 aliphatic heterocycles. The first kappa shape index (κ1) is 46.7. The number of ketones is 1. The van der Waals surface area contributed by atoms with Crippen molar-refractivity contribution in [2.75, 3.05) is 97.3 Å². The minimum Gasteiger partial charge on any atom is -0.379 e. The Morgan fingerprint density at radius 1 is 0.689 bits per heavy atom. The van der Waals surface area contributed by atoms with Crippen molar-refractivity contribution in [1.82, 2.24) is 19.9 Å². The maximum Gasteiger partial charge on any atom is 0.256 e. The molecule has 0 spiro atoms. The van der Waals surface area contributed by atoms with Crippen molar-refractivity contribution in [1.29, 1.82) is 0 Å². The SMILES string of the molecule is CC1=C(C)C(=O)N(CCCOCCOCCOCCOCCC(=O)CCCC(=O)N2Cc3ccccc3-c3c(nnn3CCOCCOCCN=[N+]=[N-])-c3ccccc32)C1=O. The number of imide groups is 1. The van der Waals surface area contributed by atoms with Gasteiger partial charge < -0.3 is 33.3 Å². The van der Waals surface area contributed by atoms with Crippen molar-refractivity contribution in [3.8, 4) is 22.5 Å². The number of para-hydroxylation sites is 1. The van der Waals surface area contributed by atoms with Gasteiger partial charge in [-0.25, -0.2) is 4.68 Å². The van der Waals surface area contributed by atoms with E-state index in [1.54, 1.807) is 18.7 Å². The molecular weight excluding hydrogens is 789 g/mol. The maximum absolute atomic E-state index is 13.9. The molecule has 3 amide bonds. The van der Waals surface area contributed by atoms with Crippen LogP contribution in [0.15, 0.2) is 64.8 Å². The highest BCUT2D eigenvalue weighted by molar-refractivity contribution is 6.18. The van der Waals surface area contributed by atoms with Crippen LogP contribution in [-0.2, 0) is 60.7 Å². The first-order valence-corrected chi connectivity index (χ1v) is 20.8. The molecule has 0 radical (unpaired) electrons. The Morgan fingerprint density at radius 2 is 1.28 bits per heavy atom. The summed E-state index contributed by atoms with van der Waals surface area (Å²) < 4.78 is 35.2. The van der Waals surface area contributed by atoms with E-state index in [1.165, 1.54) is 4.90 Å². The number of hydrogen-bond acceptors (Lipinski definition) is 13. The van der Waals surface area contributed by atoms with Crippen molar-refractivity contribution in [2.45, 2.75) is 59.0 Å². The summed E-state index contributed by atoms with van der Waals surface area (Å²) in [5.41, 5.74) is 14.3. The molecule has 2 aliphatic rings. The highest BCUT2D eigenvalue weighted by atomic mass is 16.6. The smallest absolute Gasteiger partial charge is 0.256 e. The van der Waals surface area contributed by atoms with Crippen LogP contribution in [0.25, 0.3) is 33.0 Å². The summed E-state index contributed by atoms with van der Waals surface area (Å²) in [7, 11) is 0. The van der Waals surface area contributed by atoms with Gasteiger partial charge >= 0.3 is 0 Å². The lowest BCUT2D eigenvalue weighted by molar-refractivity contribution is -0.137. The van der Waals surface area contributed by atoms with Gasteiger partial charge in [0.1, 0.15) is 11.5 Å². The number of amides is 3. The summed E-state index contributed by atoms with van der Waals surface area (Å²) in [6.07, 6.45) is 1.72. The molecule has 2 aromatic carbocycles. The summed E-state index contributed by atoms with van der Waals surface area (Å²) in [6.45, 7) is 9.25. The molecule has 0 fully saturated rings. The molecule has 61 heavy (non-hydrogen) atoms. The zero-order valence-electron chi connectivity index (χ0n) is 35.1. The molecule has 0 unspecified atom stereocenters. The Bertz CT molecular complexity index is 1990. The van der Waals surface area contributed by atoms with Crippen LogP contribution in [0.5, 0.6) is 0 Å². The number of carbonyl (C=O) groups is 4. The number of Topliss-reactive ketones (excluding diaryl/α,β-unsaturated/α-hetero) is 1. The minimum absolute atomic E-state index is 0.0334. The second-order valence-corrected chi connectivity index (χ2v) is 14.3.